The van der Waals surface area contributed by atoms with E-state index in [0.717, 1.165) is 22.4 Å². The second-order valence-corrected chi connectivity index (χ2v) is 8.88. The molecule has 1 N–H and O–H groups in total. The van der Waals surface area contributed by atoms with Gasteiger partial charge in [0.2, 0.25) is 11.8 Å². The fourth-order valence-electron chi connectivity index (χ4n) is 4.57. The number of carbonyl (C=O) groups excluding carboxylic acids is 2. The number of nitrogens with zero attached hydrogens (tertiary/aromatic N) is 4. The van der Waals surface area contributed by atoms with Crippen molar-refractivity contribution in [2.45, 2.75) is 26.9 Å². The number of ether oxygens (including phenoxy) is 1. The van der Waals surface area contributed by atoms with Crippen molar-refractivity contribution in [3.05, 3.63) is 54.1 Å². The Labute approximate surface area is 196 Å². The third kappa shape index (κ3) is 4.19. The zero-order valence-corrected chi connectivity index (χ0v) is 19.1. The largest absolute Gasteiger partial charge is 0.380 e. The molecule has 2 unspecified atom stereocenters. The van der Waals surface area contributed by atoms with Crippen LogP contribution in [0.1, 0.15) is 19.5 Å². The summed E-state index contributed by atoms with van der Waals surface area (Å²) in [6, 6.07) is 9.87. The van der Waals surface area contributed by atoms with E-state index in [2.05, 4.69) is 10.3 Å². The molecular formula is C25H26FN5O3. The van der Waals surface area contributed by atoms with Gasteiger partial charge in [0.15, 0.2) is 0 Å². The number of carbonyl (C=O) groups is 2. The van der Waals surface area contributed by atoms with E-state index in [-0.39, 0.29) is 29.5 Å². The van der Waals surface area contributed by atoms with Crippen LogP contribution >= 0.6 is 0 Å². The summed E-state index contributed by atoms with van der Waals surface area (Å²) in [5.41, 5.74) is 4.01. The van der Waals surface area contributed by atoms with Crippen LogP contribution in [0.2, 0.25) is 0 Å². The van der Waals surface area contributed by atoms with Crippen molar-refractivity contribution in [1.29, 1.82) is 0 Å². The van der Waals surface area contributed by atoms with E-state index in [1.807, 2.05) is 23.7 Å². The van der Waals surface area contributed by atoms with Gasteiger partial charge in [0, 0.05) is 37.4 Å². The highest BCUT2D eigenvalue weighted by molar-refractivity contribution is 5.93. The van der Waals surface area contributed by atoms with Gasteiger partial charge >= 0.3 is 0 Å². The molecule has 2 aromatic heterocycles. The van der Waals surface area contributed by atoms with Gasteiger partial charge in [-0.2, -0.15) is 5.10 Å². The number of anilines is 1. The first kappa shape index (κ1) is 22.2. The van der Waals surface area contributed by atoms with Crippen molar-refractivity contribution in [2.75, 3.05) is 25.1 Å². The van der Waals surface area contributed by atoms with Gasteiger partial charge in [0.1, 0.15) is 17.3 Å². The van der Waals surface area contributed by atoms with E-state index in [1.54, 1.807) is 30.2 Å². The first-order valence-electron chi connectivity index (χ1n) is 11.4. The van der Waals surface area contributed by atoms with Crippen LogP contribution < -0.4 is 5.32 Å². The lowest BCUT2D eigenvalue weighted by Gasteiger charge is -2.27. The van der Waals surface area contributed by atoms with Crippen LogP contribution in [0.5, 0.6) is 0 Å². The van der Waals surface area contributed by atoms with Gasteiger partial charge in [0.25, 0.3) is 0 Å². The normalized spacial score (nSPS) is 19.7. The van der Waals surface area contributed by atoms with Crippen LogP contribution in [0.3, 0.4) is 0 Å². The number of nitrogens with one attached hydrogen (secondary N) is 1. The van der Waals surface area contributed by atoms with Crippen LogP contribution in [0.25, 0.3) is 22.4 Å². The highest BCUT2D eigenvalue weighted by Crippen LogP contribution is 2.37. The number of pyridine rings is 1. The molecule has 9 heteroatoms. The number of rotatable bonds is 4. The van der Waals surface area contributed by atoms with Crippen LogP contribution in [0.15, 0.2) is 42.6 Å². The first-order chi connectivity index (χ1) is 16.4. The number of halogens is 1. The van der Waals surface area contributed by atoms with Gasteiger partial charge in [-0.25, -0.2) is 9.37 Å². The van der Waals surface area contributed by atoms with Crippen molar-refractivity contribution in [2.24, 2.45) is 11.8 Å². The SMILES string of the molecule is CC(=O)N1CCn2nc(-c3ccc(F)cc3)c(-c3ccnc(NC(=O)C4COCC4C)c3)c2C1. The lowest BCUT2D eigenvalue weighted by Crippen LogP contribution is -2.37. The molecule has 1 aromatic carbocycles. The minimum absolute atomic E-state index is 0.00249. The maximum atomic E-state index is 13.6. The smallest absolute Gasteiger partial charge is 0.231 e. The van der Waals surface area contributed by atoms with E-state index >= 15 is 0 Å². The van der Waals surface area contributed by atoms with Crippen LogP contribution in [0, 0.1) is 17.7 Å². The maximum absolute atomic E-state index is 13.6. The van der Waals surface area contributed by atoms with E-state index in [4.69, 9.17) is 9.84 Å². The Balaban J connectivity index is 1.55. The van der Waals surface area contributed by atoms with Gasteiger partial charge in [-0.3, -0.25) is 14.3 Å². The number of hydrogen-bond acceptors (Lipinski definition) is 5. The molecule has 2 atom stereocenters. The topological polar surface area (TPSA) is 89.4 Å². The molecule has 2 aliphatic rings. The summed E-state index contributed by atoms with van der Waals surface area (Å²) >= 11 is 0. The highest BCUT2D eigenvalue weighted by atomic mass is 19.1. The molecule has 2 amide bonds. The number of fused-ring (bicyclic) bond motifs is 1. The summed E-state index contributed by atoms with van der Waals surface area (Å²) in [7, 11) is 0. The summed E-state index contributed by atoms with van der Waals surface area (Å²) in [6.45, 7) is 6.08. The summed E-state index contributed by atoms with van der Waals surface area (Å²) in [5, 5.41) is 7.74. The van der Waals surface area contributed by atoms with Crippen molar-refractivity contribution < 1.29 is 18.7 Å². The molecule has 2 aliphatic heterocycles. The molecule has 0 spiro atoms. The van der Waals surface area contributed by atoms with Crippen LogP contribution in [-0.4, -0.2) is 51.2 Å². The molecule has 34 heavy (non-hydrogen) atoms. The van der Waals surface area contributed by atoms with Gasteiger partial charge in [0.05, 0.1) is 31.3 Å². The predicted octanol–water partition coefficient (Wildman–Crippen LogP) is 3.33. The summed E-state index contributed by atoms with van der Waals surface area (Å²) in [5.74, 6) is -0.0748. The van der Waals surface area contributed by atoms with Crippen LogP contribution in [-0.2, 0) is 27.4 Å². The third-order valence-electron chi connectivity index (χ3n) is 6.54. The lowest BCUT2D eigenvalue weighted by atomic mass is 9.97. The predicted molar refractivity (Wildman–Crippen MR) is 124 cm³/mol. The Kier molecular flexibility index (Phi) is 5.87. The molecule has 0 aliphatic carbocycles. The standard InChI is InChI=1S/C25H26FN5O3/c1-15-13-34-14-20(15)25(33)28-22-11-18(7-8-27-22)23-21-12-30(16(2)32)9-10-31(21)29-24(23)17-3-5-19(26)6-4-17/h3-8,11,15,20H,9-10,12-14H2,1-2H3,(H,27,28,33). The zero-order chi connectivity index (χ0) is 23.8. The fraction of sp³-hybridized carbons (Fsp3) is 0.360. The minimum Gasteiger partial charge on any atom is -0.380 e. The number of aromatic nitrogens is 3. The van der Waals surface area contributed by atoms with Gasteiger partial charge < -0.3 is 15.0 Å². The monoisotopic (exact) mass is 463 g/mol. The van der Waals surface area contributed by atoms with Gasteiger partial charge in [-0.15, -0.1) is 0 Å². The second-order valence-electron chi connectivity index (χ2n) is 8.88. The molecule has 1 saturated heterocycles. The van der Waals surface area contributed by atoms with Crippen LogP contribution in [0.4, 0.5) is 10.2 Å². The fourth-order valence-corrected chi connectivity index (χ4v) is 4.57. The molecular weight excluding hydrogens is 437 g/mol. The van der Waals surface area contributed by atoms with Crippen molar-refractivity contribution in [3.63, 3.8) is 0 Å². The number of amides is 2. The van der Waals surface area contributed by atoms with Gasteiger partial charge in [-0.05, 0) is 47.9 Å². The number of hydrogen-bond donors (Lipinski definition) is 1. The summed E-state index contributed by atoms with van der Waals surface area (Å²) < 4.78 is 20.9. The minimum atomic E-state index is -0.323. The second kappa shape index (κ2) is 8.98. The molecule has 1 fully saturated rings. The first-order valence-corrected chi connectivity index (χ1v) is 11.4. The zero-order valence-electron chi connectivity index (χ0n) is 19.1. The van der Waals surface area contributed by atoms with Crippen molar-refractivity contribution in [1.82, 2.24) is 19.7 Å². The van der Waals surface area contributed by atoms with Crippen molar-refractivity contribution in [3.8, 4) is 22.4 Å². The van der Waals surface area contributed by atoms with E-state index in [0.29, 0.717) is 44.4 Å². The Morgan fingerprint density at radius 2 is 1.91 bits per heavy atom. The molecule has 0 saturated carbocycles. The Morgan fingerprint density at radius 1 is 1.12 bits per heavy atom. The third-order valence-corrected chi connectivity index (χ3v) is 6.54. The Hall–Kier alpha value is -3.59. The summed E-state index contributed by atoms with van der Waals surface area (Å²) in [4.78, 5) is 31.0. The molecule has 176 valence electrons. The lowest BCUT2D eigenvalue weighted by molar-refractivity contribution is -0.130. The maximum Gasteiger partial charge on any atom is 0.231 e. The quantitative estimate of drug-likeness (QED) is 0.641. The molecule has 8 nitrogen and oxygen atoms in total. The molecule has 5 rings (SSSR count). The molecule has 0 radical (unpaired) electrons. The summed E-state index contributed by atoms with van der Waals surface area (Å²) in [6.07, 6.45) is 1.64. The van der Waals surface area contributed by atoms with E-state index in [1.165, 1.54) is 12.1 Å². The van der Waals surface area contributed by atoms with E-state index in [9.17, 15) is 14.0 Å². The van der Waals surface area contributed by atoms with Crippen molar-refractivity contribution >= 4 is 17.6 Å². The molecule has 0 bridgehead atoms. The average molecular weight is 464 g/mol. The molecule has 3 aromatic rings. The molecule has 4 heterocycles. The number of benzene rings is 1. The average Bonchev–Trinajstić information content (AvgIpc) is 3.42. The highest BCUT2D eigenvalue weighted by Gasteiger charge is 2.31. The Bertz CT molecular complexity index is 1240. The van der Waals surface area contributed by atoms with Gasteiger partial charge in [-0.1, -0.05) is 6.92 Å². The van der Waals surface area contributed by atoms with E-state index < -0.39 is 0 Å². The Morgan fingerprint density at radius 3 is 2.62 bits per heavy atom.